The summed E-state index contributed by atoms with van der Waals surface area (Å²) in [6, 6.07) is 0.835. The van der Waals surface area contributed by atoms with Crippen LogP contribution in [0.5, 0.6) is 0 Å². The second-order valence-corrected chi connectivity index (χ2v) is 6.40. The van der Waals surface area contributed by atoms with Gasteiger partial charge < -0.3 is 5.32 Å². The van der Waals surface area contributed by atoms with E-state index in [0.717, 1.165) is 24.4 Å². The van der Waals surface area contributed by atoms with Crippen LogP contribution < -0.4 is 5.32 Å². The minimum Gasteiger partial charge on any atom is -0.314 e. The van der Waals surface area contributed by atoms with Crippen molar-refractivity contribution >= 4 is 0 Å². The lowest BCUT2D eigenvalue weighted by atomic mass is 9.86. The topological polar surface area (TPSA) is 29.9 Å². The average Bonchev–Trinajstić information content (AvgIpc) is 2.94. The standard InChI is InChI=1S/C16H27N3/c1-2-19-12-13(10-18-19)9-15(11-17-16-7-8-16)14-5-3-4-6-14/h10,12,14-17H,2-9,11H2,1H3. The Balaban J connectivity index is 1.59. The number of hydrogen-bond donors (Lipinski definition) is 1. The Morgan fingerprint density at radius 1 is 1.32 bits per heavy atom. The quantitative estimate of drug-likeness (QED) is 0.817. The highest BCUT2D eigenvalue weighted by Crippen LogP contribution is 2.33. The van der Waals surface area contributed by atoms with Gasteiger partial charge in [-0.3, -0.25) is 4.68 Å². The zero-order valence-corrected chi connectivity index (χ0v) is 12.1. The Bertz CT molecular complexity index is 388. The molecular weight excluding hydrogens is 234 g/mol. The van der Waals surface area contributed by atoms with Gasteiger partial charge in [0.15, 0.2) is 0 Å². The minimum absolute atomic E-state index is 0.817. The molecule has 106 valence electrons. The zero-order valence-electron chi connectivity index (χ0n) is 12.1. The number of nitrogens with zero attached hydrogens (tertiary/aromatic N) is 2. The fraction of sp³-hybridized carbons (Fsp3) is 0.812. The Hall–Kier alpha value is -0.830. The molecular formula is C16H27N3. The Morgan fingerprint density at radius 3 is 2.74 bits per heavy atom. The van der Waals surface area contributed by atoms with Crippen molar-refractivity contribution in [1.29, 1.82) is 0 Å². The molecule has 3 rings (SSSR count). The van der Waals surface area contributed by atoms with Gasteiger partial charge in [0, 0.05) is 18.8 Å². The highest BCUT2D eigenvalue weighted by Gasteiger charge is 2.28. The Morgan fingerprint density at radius 2 is 2.11 bits per heavy atom. The second-order valence-electron chi connectivity index (χ2n) is 6.40. The van der Waals surface area contributed by atoms with Gasteiger partial charge in [0.2, 0.25) is 0 Å². The van der Waals surface area contributed by atoms with E-state index < -0.39 is 0 Å². The third-order valence-electron chi connectivity index (χ3n) is 4.82. The van der Waals surface area contributed by atoms with Crippen molar-refractivity contribution in [3.63, 3.8) is 0 Å². The summed E-state index contributed by atoms with van der Waals surface area (Å²) in [5, 5.41) is 8.17. The smallest absolute Gasteiger partial charge is 0.0521 e. The predicted octanol–water partition coefficient (Wildman–Crippen LogP) is 3.00. The molecule has 0 saturated heterocycles. The predicted molar refractivity (Wildman–Crippen MR) is 78.1 cm³/mol. The van der Waals surface area contributed by atoms with Crippen LogP contribution in [-0.2, 0) is 13.0 Å². The van der Waals surface area contributed by atoms with E-state index in [9.17, 15) is 0 Å². The molecule has 2 fully saturated rings. The van der Waals surface area contributed by atoms with Crippen molar-refractivity contribution in [2.45, 2.75) is 64.5 Å². The van der Waals surface area contributed by atoms with E-state index in [4.69, 9.17) is 0 Å². The van der Waals surface area contributed by atoms with Crippen LogP contribution >= 0.6 is 0 Å². The Labute approximate surface area is 116 Å². The molecule has 1 atom stereocenters. The second kappa shape index (κ2) is 6.08. The van der Waals surface area contributed by atoms with Crippen LogP contribution in [0.1, 0.15) is 51.0 Å². The van der Waals surface area contributed by atoms with Gasteiger partial charge in [-0.25, -0.2) is 0 Å². The summed E-state index contributed by atoms with van der Waals surface area (Å²) in [5.74, 6) is 1.76. The minimum atomic E-state index is 0.817. The summed E-state index contributed by atoms with van der Waals surface area (Å²) in [5.41, 5.74) is 1.43. The van der Waals surface area contributed by atoms with Crippen molar-refractivity contribution < 1.29 is 0 Å². The maximum atomic E-state index is 4.42. The van der Waals surface area contributed by atoms with Gasteiger partial charge in [-0.15, -0.1) is 0 Å². The van der Waals surface area contributed by atoms with Crippen LogP contribution in [0.4, 0.5) is 0 Å². The SMILES string of the molecule is CCn1cc(CC(CNC2CC2)C2CCCC2)cn1. The van der Waals surface area contributed by atoms with Crippen molar-refractivity contribution in [2.24, 2.45) is 11.8 Å². The molecule has 0 aromatic carbocycles. The molecule has 3 heteroatoms. The lowest BCUT2D eigenvalue weighted by Crippen LogP contribution is -2.30. The number of rotatable bonds is 7. The zero-order chi connectivity index (χ0) is 13.1. The summed E-state index contributed by atoms with van der Waals surface area (Å²) in [6.07, 6.45) is 14.1. The fourth-order valence-electron chi connectivity index (χ4n) is 3.43. The normalized spacial score (nSPS) is 21.9. The van der Waals surface area contributed by atoms with Crippen LogP contribution in [0.15, 0.2) is 12.4 Å². The molecule has 19 heavy (non-hydrogen) atoms. The lowest BCUT2D eigenvalue weighted by Gasteiger charge is -2.23. The van der Waals surface area contributed by atoms with Gasteiger partial charge in [0.1, 0.15) is 0 Å². The third kappa shape index (κ3) is 3.59. The summed E-state index contributed by atoms with van der Waals surface area (Å²) in [6.45, 7) is 4.35. The van der Waals surface area contributed by atoms with Gasteiger partial charge in [-0.1, -0.05) is 25.7 Å². The third-order valence-corrected chi connectivity index (χ3v) is 4.82. The first-order valence-corrected chi connectivity index (χ1v) is 8.10. The molecule has 0 aliphatic heterocycles. The van der Waals surface area contributed by atoms with E-state index in [1.54, 1.807) is 0 Å². The number of aryl methyl sites for hydroxylation is 1. The molecule has 1 aromatic rings. The molecule has 1 N–H and O–H groups in total. The van der Waals surface area contributed by atoms with Crippen LogP contribution in [0.3, 0.4) is 0 Å². The van der Waals surface area contributed by atoms with E-state index >= 15 is 0 Å². The lowest BCUT2D eigenvalue weighted by molar-refractivity contribution is 0.320. The van der Waals surface area contributed by atoms with Crippen molar-refractivity contribution in [1.82, 2.24) is 15.1 Å². The summed E-state index contributed by atoms with van der Waals surface area (Å²) in [4.78, 5) is 0. The number of aromatic nitrogens is 2. The fourth-order valence-corrected chi connectivity index (χ4v) is 3.43. The van der Waals surface area contributed by atoms with Crippen molar-refractivity contribution in [3.05, 3.63) is 18.0 Å². The number of nitrogens with one attached hydrogen (secondary N) is 1. The number of hydrogen-bond acceptors (Lipinski definition) is 2. The largest absolute Gasteiger partial charge is 0.314 e. The molecule has 1 unspecified atom stereocenters. The molecule has 0 bridgehead atoms. The van der Waals surface area contributed by atoms with E-state index in [1.807, 2.05) is 0 Å². The van der Waals surface area contributed by atoms with Gasteiger partial charge in [-0.2, -0.15) is 5.10 Å². The molecule has 2 aliphatic carbocycles. The van der Waals surface area contributed by atoms with Crippen molar-refractivity contribution in [2.75, 3.05) is 6.54 Å². The molecule has 0 radical (unpaired) electrons. The van der Waals surface area contributed by atoms with Crippen LogP contribution in [0.2, 0.25) is 0 Å². The van der Waals surface area contributed by atoms with Gasteiger partial charge in [0.05, 0.1) is 6.20 Å². The maximum Gasteiger partial charge on any atom is 0.0521 e. The Kier molecular flexibility index (Phi) is 4.21. The van der Waals surface area contributed by atoms with Crippen LogP contribution in [0, 0.1) is 11.8 Å². The molecule has 0 spiro atoms. The first kappa shape index (κ1) is 13.2. The molecule has 2 saturated carbocycles. The molecule has 1 aromatic heterocycles. The maximum absolute atomic E-state index is 4.42. The van der Waals surface area contributed by atoms with Crippen LogP contribution in [0.25, 0.3) is 0 Å². The van der Waals surface area contributed by atoms with Gasteiger partial charge in [-0.05, 0) is 50.1 Å². The summed E-state index contributed by atoms with van der Waals surface area (Å²) >= 11 is 0. The molecule has 3 nitrogen and oxygen atoms in total. The monoisotopic (exact) mass is 261 g/mol. The summed E-state index contributed by atoms with van der Waals surface area (Å²) in [7, 11) is 0. The molecule has 1 heterocycles. The van der Waals surface area contributed by atoms with E-state index in [0.29, 0.717) is 0 Å². The highest BCUT2D eigenvalue weighted by atomic mass is 15.3. The van der Waals surface area contributed by atoms with Gasteiger partial charge >= 0.3 is 0 Å². The first-order valence-electron chi connectivity index (χ1n) is 8.10. The molecule has 2 aliphatic rings. The highest BCUT2D eigenvalue weighted by molar-refractivity contribution is 5.06. The van der Waals surface area contributed by atoms with Gasteiger partial charge in [0.25, 0.3) is 0 Å². The first-order chi connectivity index (χ1) is 9.35. The van der Waals surface area contributed by atoms with Crippen molar-refractivity contribution in [3.8, 4) is 0 Å². The van der Waals surface area contributed by atoms with Crippen LogP contribution in [-0.4, -0.2) is 22.4 Å². The van der Waals surface area contributed by atoms with E-state index in [-0.39, 0.29) is 0 Å². The average molecular weight is 261 g/mol. The summed E-state index contributed by atoms with van der Waals surface area (Å²) < 4.78 is 2.05. The van der Waals surface area contributed by atoms with E-state index in [2.05, 4.69) is 34.4 Å². The molecule has 0 amide bonds. The van der Waals surface area contributed by atoms with E-state index in [1.165, 1.54) is 57.1 Å².